The van der Waals surface area contributed by atoms with Crippen molar-refractivity contribution in [1.29, 1.82) is 0 Å². The van der Waals surface area contributed by atoms with Crippen LogP contribution in [-0.2, 0) is 6.42 Å². The summed E-state index contributed by atoms with van der Waals surface area (Å²) in [5, 5.41) is 12.3. The number of aromatic nitrogens is 1. The number of carboxylic acids is 1. The van der Waals surface area contributed by atoms with Gasteiger partial charge in [-0.25, -0.2) is 4.79 Å². The van der Waals surface area contributed by atoms with Gasteiger partial charge in [-0.3, -0.25) is 4.98 Å². The number of rotatable bonds is 5. The van der Waals surface area contributed by atoms with E-state index in [1.165, 1.54) is 0 Å². The average molecular weight is 256 g/mol. The number of pyridine rings is 1. The number of aromatic carboxylic acids is 1. The molecule has 0 radical (unpaired) electrons. The van der Waals surface area contributed by atoms with E-state index in [2.05, 4.69) is 10.3 Å². The molecule has 0 bridgehead atoms. The van der Waals surface area contributed by atoms with Gasteiger partial charge in [0.1, 0.15) is 0 Å². The SMILES string of the molecule is Cc1ccc(C(=O)O)c(NCCc2cccnc2)c1. The fraction of sp³-hybridized carbons (Fsp3) is 0.200. The van der Waals surface area contributed by atoms with E-state index in [-0.39, 0.29) is 0 Å². The van der Waals surface area contributed by atoms with Crippen molar-refractivity contribution in [2.24, 2.45) is 0 Å². The number of benzene rings is 1. The van der Waals surface area contributed by atoms with Crippen LogP contribution in [0.3, 0.4) is 0 Å². The van der Waals surface area contributed by atoms with Gasteiger partial charge in [0.15, 0.2) is 0 Å². The van der Waals surface area contributed by atoms with Crippen molar-refractivity contribution in [2.45, 2.75) is 13.3 Å². The Morgan fingerprint density at radius 2 is 2.21 bits per heavy atom. The van der Waals surface area contributed by atoms with E-state index in [0.29, 0.717) is 17.8 Å². The minimum absolute atomic E-state index is 0.303. The summed E-state index contributed by atoms with van der Waals surface area (Å²) in [6.45, 7) is 2.62. The van der Waals surface area contributed by atoms with E-state index < -0.39 is 5.97 Å². The maximum Gasteiger partial charge on any atom is 0.337 e. The van der Waals surface area contributed by atoms with Gasteiger partial charge in [0, 0.05) is 24.6 Å². The lowest BCUT2D eigenvalue weighted by molar-refractivity contribution is 0.0698. The molecule has 4 heteroatoms. The van der Waals surface area contributed by atoms with Crippen LogP contribution in [-0.4, -0.2) is 22.6 Å². The highest BCUT2D eigenvalue weighted by Gasteiger charge is 2.09. The van der Waals surface area contributed by atoms with Gasteiger partial charge in [0.25, 0.3) is 0 Å². The predicted octanol–water partition coefficient (Wildman–Crippen LogP) is 2.74. The molecule has 0 aliphatic heterocycles. The Kier molecular flexibility index (Phi) is 4.13. The van der Waals surface area contributed by atoms with Crippen molar-refractivity contribution in [1.82, 2.24) is 4.98 Å². The zero-order chi connectivity index (χ0) is 13.7. The maximum atomic E-state index is 11.1. The van der Waals surface area contributed by atoms with Crippen molar-refractivity contribution >= 4 is 11.7 Å². The monoisotopic (exact) mass is 256 g/mol. The van der Waals surface area contributed by atoms with Gasteiger partial charge in [-0.15, -0.1) is 0 Å². The molecule has 0 atom stereocenters. The van der Waals surface area contributed by atoms with Gasteiger partial charge in [-0.2, -0.15) is 0 Å². The number of aryl methyl sites for hydroxylation is 1. The van der Waals surface area contributed by atoms with Crippen molar-refractivity contribution in [3.8, 4) is 0 Å². The third kappa shape index (κ3) is 3.55. The molecule has 0 fully saturated rings. The van der Waals surface area contributed by atoms with Crippen LogP contribution in [0.2, 0.25) is 0 Å². The van der Waals surface area contributed by atoms with E-state index in [0.717, 1.165) is 17.5 Å². The summed E-state index contributed by atoms with van der Waals surface area (Å²) in [7, 11) is 0. The standard InChI is InChI=1S/C15H16N2O2/c1-11-4-5-13(15(18)19)14(9-11)17-8-6-12-3-2-7-16-10-12/h2-5,7,9-10,17H,6,8H2,1H3,(H,18,19). The Morgan fingerprint density at radius 3 is 2.89 bits per heavy atom. The number of carboxylic acid groups (broad SMARTS) is 1. The quantitative estimate of drug-likeness (QED) is 0.863. The molecule has 1 aromatic heterocycles. The molecule has 1 heterocycles. The van der Waals surface area contributed by atoms with Crippen molar-refractivity contribution in [3.05, 3.63) is 59.4 Å². The third-order valence-corrected chi connectivity index (χ3v) is 2.86. The van der Waals surface area contributed by atoms with E-state index in [1.807, 2.05) is 31.3 Å². The maximum absolute atomic E-state index is 11.1. The van der Waals surface area contributed by atoms with Crippen LogP contribution in [0.4, 0.5) is 5.69 Å². The second-order valence-corrected chi connectivity index (χ2v) is 4.39. The summed E-state index contributed by atoms with van der Waals surface area (Å²) in [6, 6.07) is 9.18. The molecule has 19 heavy (non-hydrogen) atoms. The Labute approximate surface area is 112 Å². The minimum atomic E-state index is -0.913. The zero-order valence-corrected chi connectivity index (χ0v) is 10.8. The summed E-state index contributed by atoms with van der Waals surface area (Å²) in [5.74, 6) is -0.913. The Bertz CT molecular complexity index is 568. The van der Waals surface area contributed by atoms with Gasteiger partial charge in [0.2, 0.25) is 0 Å². The van der Waals surface area contributed by atoms with Crippen LogP contribution in [0.15, 0.2) is 42.7 Å². The first-order chi connectivity index (χ1) is 9.16. The number of nitrogens with zero attached hydrogens (tertiary/aromatic N) is 1. The Morgan fingerprint density at radius 1 is 1.37 bits per heavy atom. The predicted molar refractivity (Wildman–Crippen MR) is 74.6 cm³/mol. The number of anilines is 1. The average Bonchev–Trinajstić information content (AvgIpc) is 2.39. The first-order valence-corrected chi connectivity index (χ1v) is 6.13. The molecule has 2 aromatic rings. The molecule has 0 aliphatic rings. The zero-order valence-electron chi connectivity index (χ0n) is 10.8. The number of carbonyl (C=O) groups is 1. The number of nitrogens with one attached hydrogen (secondary N) is 1. The van der Waals surface area contributed by atoms with E-state index in [9.17, 15) is 4.79 Å². The smallest absolute Gasteiger partial charge is 0.337 e. The summed E-state index contributed by atoms with van der Waals surface area (Å²) in [4.78, 5) is 15.2. The van der Waals surface area contributed by atoms with Crippen LogP contribution in [0.5, 0.6) is 0 Å². The molecule has 0 saturated heterocycles. The van der Waals surface area contributed by atoms with Crippen LogP contribution in [0, 0.1) is 6.92 Å². The fourth-order valence-corrected chi connectivity index (χ4v) is 1.88. The highest BCUT2D eigenvalue weighted by Crippen LogP contribution is 2.17. The second-order valence-electron chi connectivity index (χ2n) is 4.39. The first-order valence-electron chi connectivity index (χ1n) is 6.13. The highest BCUT2D eigenvalue weighted by atomic mass is 16.4. The number of hydrogen-bond acceptors (Lipinski definition) is 3. The van der Waals surface area contributed by atoms with Crippen LogP contribution >= 0.6 is 0 Å². The summed E-state index contributed by atoms with van der Waals surface area (Å²) >= 11 is 0. The summed E-state index contributed by atoms with van der Waals surface area (Å²) in [5.41, 5.74) is 3.13. The molecule has 0 saturated carbocycles. The summed E-state index contributed by atoms with van der Waals surface area (Å²) in [6.07, 6.45) is 4.36. The molecule has 0 spiro atoms. The van der Waals surface area contributed by atoms with Crippen molar-refractivity contribution < 1.29 is 9.90 Å². The van der Waals surface area contributed by atoms with Crippen LogP contribution < -0.4 is 5.32 Å². The summed E-state index contributed by atoms with van der Waals surface area (Å²) < 4.78 is 0. The Hall–Kier alpha value is -2.36. The van der Waals surface area contributed by atoms with E-state index >= 15 is 0 Å². The van der Waals surface area contributed by atoms with Gasteiger partial charge in [0.05, 0.1) is 5.56 Å². The normalized spacial score (nSPS) is 10.2. The molecule has 0 unspecified atom stereocenters. The van der Waals surface area contributed by atoms with Crippen molar-refractivity contribution in [3.63, 3.8) is 0 Å². The molecule has 4 nitrogen and oxygen atoms in total. The molecule has 2 N–H and O–H groups in total. The molecule has 0 amide bonds. The number of hydrogen-bond donors (Lipinski definition) is 2. The first kappa shape index (κ1) is 13.1. The van der Waals surface area contributed by atoms with Gasteiger partial charge >= 0.3 is 5.97 Å². The fourth-order valence-electron chi connectivity index (χ4n) is 1.88. The van der Waals surface area contributed by atoms with Crippen LogP contribution in [0.1, 0.15) is 21.5 Å². The van der Waals surface area contributed by atoms with Crippen LogP contribution in [0.25, 0.3) is 0 Å². The van der Waals surface area contributed by atoms with Gasteiger partial charge in [-0.1, -0.05) is 12.1 Å². The molecule has 1 aromatic carbocycles. The topological polar surface area (TPSA) is 62.2 Å². The molecule has 2 rings (SSSR count). The van der Waals surface area contributed by atoms with Gasteiger partial charge in [-0.05, 0) is 42.7 Å². The molecular formula is C15H16N2O2. The largest absolute Gasteiger partial charge is 0.478 e. The van der Waals surface area contributed by atoms with E-state index in [4.69, 9.17) is 5.11 Å². The molecular weight excluding hydrogens is 240 g/mol. The van der Waals surface area contributed by atoms with Gasteiger partial charge < -0.3 is 10.4 Å². The van der Waals surface area contributed by atoms with E-state index in [1.54, 1.807) is 18.3 Å². The molecule has 98 valence electrons. The Balaban J connectivity index is 2.03. The van der Waals surface area contributed by atoms with Crippen molar-refractivity contribution in [2.75, 3.05) is 11.9 Å². The highest BCUT2D eigenvalue weighted by molar-refractivity contribution is 5.94. The second kappa shape index (κ2) is 6.00. The third-order valence-electron chi connectivity index (χ3n) is 2.86. The lowest BCUT2D eigenvalue weighted by Gasteiger charge is -2.10. The minimum Gasteiger partial charge on any atom is -0.478 e. The lowest BCUT2D eigenvalue weighted by Crippen LogP contribution is -2.09. The molecule has 0 aliphatic carbocycles. The lowest BCUT2D eigenvalue weighted by atomic mass is 10.1.